The maximum absolute atomic E-state index is 12.7. The van der Waals surface area contributed by atoms with Crippen LogP contribution in [0.15, 0.2) is 11.8 Å². The minimum Gasteiger partial charge on any atom is -0.465 e. The number of Topliss-reactive ketones (excluding diaryl/α,β-unsaturated/α-hetero) is 1. The summed E-state index contributed by atoms with van der Waals surface area (Å²) >= 11 is 0. The minimum absolute atomic E-state index is 0.338. The molecule has 0 saturated heterocycles. The lowest BCUT2D eigenvalue weighted by Gasteiger charge is -2.09. The zero-order chi connectivity index (χ0) is 12.5. The lowest BCUT2D eigenvalue weighted by molar-refractivity contribution is -0.138. The fourth-order valence-electron chi connectivity index (χ4n) is 1.27. The van der Waals surface area contributed by atoms with Crippen LogP contribution < -0.4 is 0 Å². The molecule has 1 atom stereocenters. The van der Waals surface area contributed by atoms with Crippen molar-refractivity contribution in [1.29, 1.82) is 0 Å². The van der Waals surface area contributed by atoms with E-state index < -0.39 is 30.0 Å². The molecule has 4 nitrogen and oxygen atoms in total. The van der Waals surface area contributed by atoms with E-state index >= 15 is 0 Å². The number of carbonyl (C=O) groups is 2. The van der Waals surface area contributed by atoms with Gasteiger partial charge in [-0.25, -0.2) is 13.6 Å². The van der Waals surface area contributed by atoms with E-state index in [1.54, 1.807) is 14.1 Å². The average Bonchev–Trinajstić information content (AvgIpc) is 2.81. The number of hydrogen-bond donors (Lipinski definition) is 0. The van der Waals surface area contributed by atoms with Gasteiger partial charge in [-0.15, -0.1) is 0 Å². The molecule has 1 aliphatic rings. The van der Waals surface area contributed by atoms with Gasteiger partial charge < -0.3 is 9.64 Å². The molecule has 0 spiro atoms. The number of nitrogens with zero attached hydrogens (tertiary/aromatic N) is 1. The summed E-state index contributed by atoms with van der Waals surface area (Å²) in [5.41, 5.74) is -0.338. The number of rotatable bonds is 4. The van der Waals surface area contributed by atoms with Crippen LogP contribution >= 0.6 is 0 Å². The standard InChI is InChI=1S/C10H13F2NO3/c1-13(2)5-6(9(15)16-3)8(14)7-4-10(7,11)12/h5,7H,4H2,1-3H3. The first-order chi connectivity index (χ1) is 7.29. The summed E-state index contributed by atoms with van der Waals surface area (Å²) < 4.78 is 29.8. The fraction of sp³-hybridized carbons (Fsp3) is 0.600. The van der Waals surface area contributed by atoms with E-state index in [1.165, 1.54) is 11.1 Å². The second kappa shape index (κ2) is 4.19. The molecule has 1 unspecified atom stereocenters. The van der Waals surface area contributed by atoms with Gasteiger partial charge >= 0.3 is 5.97 Å². The SMILES string of the molecule is COC(=O)C(=CN(C)C)C(=O)C1CC1(F)F. The van der Waals surface area contributed by atoms with Crippen molar-refractivity contribution in [2.45, 2.75) is 12.3 Å². The summed E-state index contributed by atoms with van der Waals surface area (Å²) in [6.45, 7) is 0. The fourth-order valence-corrected chi connectivity index (χ4v) is 1.27. The highest BCUT2D eigenvalue weighted by Crippen LogP contribution is 2.50. The van der Waals surface area contributed by atoms with Gasteiger partial charge in [0.25, 0.3) is 5.92 Å². The molecule has 6 heteroatoms. The molecule has 1 rings (SSSR count). The molecule has 0 aromatic rings. The first-order valence-electron chi connectivity index (χ1n) is 4.68. The third kappa shape index (κ3) is 2.56. The number of esters is 1. The van der Waals surface area contributed by atoms with Gasteiger partial charge in [0.15, 0.2) is 5.78 Å². The molecule has 0 bridgehead atoms. The van der Waals surface area contributed by atoms with Crippen molar-refractivity contribution in [2.24, 2.45) is 5.92 Å². The smallest absolute Gasteiger partial charge is 0.343 e. The number of ketones is 1. The number of halogens is 2. The molecule has 16 heavy (non-hydrogen) atoms. The Morgan fingerprint density at radius 2 is 1.94 bits per heavy atom. The van der Waals surface area contributed by atoms with Crippen molar-refractivity contribution in [2.75, 3.05) is 21.2 Å². The third-order valence-corrected chi connectivity index (χ3v) is 2.20. The first kappa shape index (κ1) is 12.6. The molecule has 0 radical (unpaired) electrons. The maximum Gasteiger partial charge on any atom is 0.343 e. The molecular weight excluding hydrogens is 220 g/mol. The van der Waals surface area contributed by atoms with Crippen LogP contribution in [-0.2, 0) is 14.3 Å². The summed E-state index contributed by atoms with van der Waals surface area (Å²) in [5, 5.41) is 0. The van der Waals surface area contributed by atoms with E-state index in [2.05, 4.69) is 4.74 Å². The van der Waals surface area contributed by atoms with E-state index in [4.69, 9.17) is 0 Å². The number of ether oxygens (including phenoxy) is 1. The number of methoxy groups -OCH3 is 1. The Labute approximate surface area is 91.9 Å². The first-order valence-corrected chi connectivity index (χ1v) is 4.68. The van der Waals surface area contributed by atoms with Crippen LogP contribution in [-0.4, -0.2) is 43.8 Å². The topological polar surface area (TPSA) is 46.6 Å². The predicted octanol–water partition coefficient (Wildman–Crippen LogP) is 0.829. The molecule has 90 valence electrons. The molecule has 0 aromatic carbocycles. The van der Waals surface area contributed by atoms with E-state index in [0.717, 1.165) is 7.11 Å². The lowest BCUT2D eigenvalue weighted by atomic mass is 10.1. The van der Waals surface area contributed by atoms with Gasteiger partial charge in [0.2, 0.25) is 0 Å². The van der Waals surface area contributed by atoms with Gasteiger partial charge in [0.1, 0.15) is 5.57 Å². The van der Waals surface area contributed by atoms with Gasteiger partial charge in [-0.1, -0.05) is 0 Å². The van der Waals surface area contributed by atoms with Crippen molar-refractivity contribution >= 4 is 11.8 Å². The molecule has 1 fully saturated rings. The number of hydrogen-bond acceptors (Lipinski definition) is 4. The van der Waals surface area contributed by atoms with Crippen LogP contribution in [0.25, 0.3) is 0 Å². The van der Waals surface area contributed by atoms with Crippen molar-refractivity contribution in [1.82, 2.24) is 4.90 Å². The van der Waals surface area contributed by atoms with Crippen LogP contribution in [0, 0.1) is 5.92 Å². The lowest BCUT2D eigenvalue weighted by Crippen LogP contribution is -2.21. The Balaban J connectivity index is 2.87. The Morgan fingerprint density at radius 3 is 2.25 bits per heavy atom. The summed E-state index contributed by atoms with van der Waals surface area (Å²) in [7, 11) is 4.27. The summed E-state index contributed by atoms with van der Waals surface area (Å²) in [6.07, 6.45) is 0.705. The van der Waals surface area contributed by atoms with Gasteiger partial charge in [-0.2, -0.15) is 0 Å². The molecule has 1 aliphatic carbocycles. The van der Waals surface area contributed by atoms with Crippen LogP contribution in [0.2, 0.25) is 0 Å². The predicted molar refractivity (Wildman–Crippen MR) is 51.8 cm³/mol. The third-order valence-electron chi connectivity index (χ3n) is 2.20. The van der Waals surface area contributed by atoms with Crippen LogP contribution in [0.1, 0.15) is 6.42 Å². The summed E-state index contributed by atoms with van der Waals surface area (Å²) in [6, 6.07) is 0. The summed E-state index contributed by atoms with van der Waals surface area (Å²) in [4.78, 5) is 24.3. The Bertz CT molecular complexity index is 350. The zero-order valence-corrected chi connectivity index (χ0v) is 9.29. The van der Waals surface area contributed by atoms with E-state index in [9.17, 15) is 18.4 Å². The molecule has 0 amide bonds. The molecule has 0 aromatic heterocycles. The van der Waals surface area contributed by atoms with Crippen molar-refractivity contribution in [3.05, 3.63) is 11.8 Å². The normalized spacial score (nSPS) is 22.6. The Morgan fingerprint density at radius 1 is 1.44 bits per heavy atom. The molecule has 1 saturated carbocycles. The van der Waals surface area contributed by atoms with Crippen molar-refractivity contribution < 1.29 is 23.1 Å². The second-order valence-electron chi connectivity index (χ2n) is 3.88. The van der Waals surface area contributed by atoms with E-state index in [0.29, 0.717) is 0 Å². The second-order valence-corrected chi connectivity index (χ2v) is 3.88. The molecular formula is C10H13F2NO3. The van der Waals surface area contributed by atoms with Crippen LogP contribution in [0.4, 0.5) is 8.78 Å². The molecule has 0 N–H and O–H groups in total. The minimum atomic E-state index is -2.98. The average molecular weight is 233 g/mol. The van der Waals surface area contributed by atoms with Crippen molar-refractivity contribution in [3.8, 4) is 0 Å². The highest BCUT2D eigenvalue weighted by molar-refractivity contribution is 6.19. The van der Waals surface area contributed by atoms with E-state index in [-0.39, 0.29) is 5.57 Å². The van der Waals surface area contributed by atoms with E-state index in [1.807, 2.05) is 0 Å². The quantitative estimate of drug-likeness (QED) is 0.312. The highest BCUT2D eigenvalue weighted by Gasteiger charge is 2.62. The van der Waals surface area contributed by atoms with Crippen LogP contribution in [0.3, 0.4) is 0 Å². The van der Waals surface area contributed by atoms with Gasteiger partial charge in [-0.05, 0) is 0 Å². The largest absolute Gasteiger partial charge is 0.465 e. The highest BCUT2D eigenvalue weighted by atomic mass is 19.3. The van der Waals surface area contributed by atoms with Gasteiger partial charge in [0, 0.05) is 26.7 Å². The number of carbonyl (C=O) groups excluding carboxylic acids is 2. The molecule has 0 heterocycles. The summed E-state index contributed by atoms with van der Waals surface area (Å²) in [5.74, 6) is -6.10. The monoisotopic (exact) mass is 233 g/mol. The number of alkyl halides is 2. The Kier molecular flexibility index (Phi) is 3.30. The zero-order valence-electron chi connectivity index (χ0n) is 9.29. The molecule has 0 aliphatic heterocycles. The maximum atomic E-state index is 12.7. The van der Waals surface area contributed by atoms with Crippen LogP contribution in [0.5, 0.6) is 0 Å². The van der Waals surface area contributed by atoms with Gasteiger partial charge in [0.05, 0.1) is 13.0 Å². The van der Waals surface area contributed by atoms with Crippen molar-refractivity contribution in [3.63, 3.8) is 0 Å². The van der Waals surface area contributed by atoms with Gasteiger partial charge in [-0.3, -0.25) is 4.79 Å². The Hall–Kier alpha value is -1.46.